The van der Waals surface area contributed by atoms with E-state index < -0.39 is 0 Å². The van der Waals surface area contributed by atoms with Crippen LogP contribution in [0, 0.1) is 0 Å². The maximum Gasteiger partial charge on any atom is 0.253 e. The lowest BCUT2D eigenvalue weighted by Crippen LogP contribution is -3.14. The number of hydrogen-bond acceptors (Lipinski definition) is 3. The number of carbonyl (C=O) groups is 1. The highest BCUT2D eigenvalue weighted by Gasteiger charge is 2.23. The van der Waals surface area contributed by atoms with Gasteiger partial charge in [0.1, 0.15) is 30.8 Å². The summed E-state index contributed by atoms with van der Waals surface area (Å²) in [5.41, 5.74) is 1.61. The summed E-state index contributed by atoms with van der Waals surface area (Å²) >= 11 is 5.79. The largest absolute Gasteiger partial charge is 0.370 e. The van der Waals surface area contributed by atoms with Gasteiger partial charge in [-0.25, -0.2) is 4.98 Å². The van der Waals surface area contributed by atoms with Crippen LogP contribution in [0.4, 0.5) is 0 Å². The Balaban J connectivity index is 1.73. The molecule has 5 nitrogen and oxygen atoms in total. The molecule has 1 amide bonds. The normalized spacial score (nSPS) is 16.5. The molecule has 24 heavy (non-hydrogen) atoms. The van der Waals surface area contributed by atoms with E-state index in [2.05, 4.69) is 10.3 Å². The average molecular weight is 347 g/mol. The summed E-state index contributed by atoms with van der Waals surface area (Å²) in [7, 11) is 0. The highest BCUT2D eigenvalue weighted by molar-refractivity contribution is 6.29. The fourth-order valence-electron chi connectivity index (χ4n) is 2.84. The molecule has 1 aliphatic heterocycles. The van der Waals surface area contributed by atoms with E-state index in [0.717, 1.165) is 38.4 Å². The van der Waals surface area contributed by atoms with Crippen molar-refractivity contribution in [2.75, 3.05) is 32.8 Å². The number of hydrogen-bond donors (Lipinski definition) is 2. The minimum absolute atomic E-state index is 0.0533. The quantitative estimate of drug-likeness (QED) is 0.798. The first-order valence-electron chi connectivity index (χ1n) is 8.11. The molecule has 2 heterocycles. The maximum absolute atomic E-state index is 12.6. The number of benzene rings is 1. The number of morpholine rings is 1. The molecule has 0 spiro atoms. The van der Waals surface area contributed by atoms with Gasteiger partial charge in [-0.1, -0.05) is 41.9 Å². The SMILES string of the molecule is O=C(N[C@H](C[NH+]1CCOCC1)c1ccccc1)c1ccc(Cl)nc1. The fourth-order valence-corrected chi connectivity index (χ4v) is 2.95. The van der Waals surface area contributed by atoms with Crippen molar-refractivity contribution in [1.82, 2.24) is 10.3 Å². The Bertz CT molecular complexity index is 658. The number of quaternary nitrogens is 1. The number of rotatable bonds is 5. The first-order chi connectivity index (χ1) is 11.7. The molecule has 3 rings (SSSR count). The summed E-state index contributed by atoms with van der Waals surface area (Å²) < 4.78 is 5.42. The molecule has 2 aromatic rings. The van der Waals surface area contributed by atoms with Crippen molar-refractivity contribution in [2.24, 2.45) is 0 Å². The molecule has 1 atom stereocenters. The van der Waals surface area contributed by atoms with E-state index in [9.17, 15) is 4.79 Å². The lowest BCUT2D eigenvalue weighted by atomic mass is 10.1. The van der Waals surface area contributed by atoms with Crippen LogP contribution in [-0.2, 0) is 4.74 Å². The summed E-state index contributed by atoms with van der Waals surface area (Å²) in [6.07, 6.45) is 1.50. The van der Waals surface area contributed by atoms with Crippen LogP contribution >= 0.6 is 11.6 Å². The second-order valence-electron chi connectivity index (χ2n) is 5.87. The first-order valence-corrected chi connectivity index (χ1v) is 8.49. The van der Waals surface area contributed by atoms with Crippen LogP contribution in [0.1, 0.15) is 22.0 Å². The predicted octanol–water partition coefficient (Wildman–Crippen LogP) is 1.12. The number of ether oxygens (including phenoxy) is 1. The van der Waals surface area contributed by atoms with Gasteiger partial charge in [0.2, 0.25) is 0 Å². The third-order valence-corrected chi connectivity index (χ3v) is 4.41. The van der Waals surface area contributed by atoms with Gasteiger partial charge in [0.15, 0.2) is 0 Å². The van der Waals surface area contributed by atoms with Gasteiger partial charge in [0.05, 0.1) is 18.8 Å². The topological polar surface area (TPSA) is 55.7 Å². The summed E-state index contributed by atoms with van der Waals surface area (Å²) in [5, 5.41) is 3.51. The van der Waals surface area contributed by atoms with Crippen molar-refractivity contribution >= 4 is 17.5 Å². The van der Waals surface area contributed by atoms with E-state index in [1.807, 2.05) is 30.3 Å². The zero-order chi connectivity index (χ0) is 16.8. The molecule has 1 aromatic carbocycles. The third kappa shape index (κ3) is 4.54. The van der Waals surface area contributed by atoms with E-state index in [1.54, 1.807) is 12.1 Å². The molecule has 0 bridgehead atoms. The lowest BCUT2D eigenvalue weighted by molar-refractivity contribution is -0.909. The summed E-state index contributed by atoms with van der Waals surface area (Å²) in [5.74, 6) is -0.138. The predicted molar refractivity (Wildman–Crippen MR) is 92.3 cm³/mol. The number of halogens is 1. The number of pyridine rings is 1. The van der Waals surface area contributed by atoms with Crippen molar-refractivity contribution in [2.45, 2.75) is 6.04 Å². The maximum atomic E-state index is 12.6. The molecule has 0 unspecified atom stereocenters. The van der Waals surface area contributed by atoms with Gasteiger partial charge < -0.3 is 15.0 Å². The summed E-state index contributed by atoms with van der Waals surface area (Å²) in [6.45, 7) is 4.29. The zero-order valence-electron chi connectivity index (χ0n) is 13.4. The van der Waals surface area contributed by atoms with Gasteiger partial charge in [-0.2, -0.15) is 0 Å². The number of carbonyl (C=O) groups excluding carboxylic acids is 1. The van der Waals surface area contributed by atoms with Crippen LogP contribution in [0.3, 0.4) is 0 Å². The van der Waals surface area contributed by atoms with E-state index in [4.69, 9.17) is 16.3 Å². The highest BCUT2D eigenvalue weighted by atomic mass is 35.5. The molecular weight excluding hydrogens is 326 g/mol. The molecule has 0 radical (unpaired) electrons. The Labute approximate surface area is 146 Å². The smallest absolute Gasteiger partial charge is 0.253 e. The second kappa shape index (κ2) is 8.24. The van der Waals surface area contributed by atoms with Crippen LogP contribution in [0.2, 0.25) is 5.15 Å². The van der Waals surface area contributed by atoms with E-state index in [1.165, 1.54) is 11.1 Å². The van der Waals surface area contributed by atoms with Gasteiger partial charge >= 0.3 is 0 Å². The van der Waals surface area contributed by atoms with Gasteiger partial charge in [0, 0.05) is 6.20 Å². The van der Waals surface area contributed by atoms with Gasteiger partial charge in [-0.15, -0.1) is 0 Å². The molecule has 2 N–H and O–H groups in total. The van der Waals surface area contributed by atoms with Crippen LogP contribution < -0.4 is 10.2 Å². The molecule has 1 saturated heterocycles. The molecule has 6 heteroatoms. The molecule has 126 valence electrons. The van der Waals surface area contributed by atoms with Crippen LogP contribution in [0.25, 0.3) is 0 Å². The molecule has 1 aromatic heterocycles. The zero-order valence-corrected chi connectivity index (χ0v) is 14.1. The number of amides is 1. The number of aromatic nitrogens is 1. The molecule has 0 saturated carbocycles. The molecule has 1 fully saturated rings. The lowest BCUT2D eigenvalue weighted by Gasteiger charge is -2.28. The third-order valence-electron chi connectivity index (χ3n) is 4.19. The summed E-state index contributed by atoms with van der Waals surface area (Å²) in [6, 6.07) is 13.3. The van der Waals surface area contributed by atoms with Gasteiger partial charge in [-0.05, 0) is 17.7 Å². The van der Waals surface area contributed by atoms with Crippen LogP contribution in [0.15, 0.2) is 48.7 Å². The molecular formula is C18H21ClN3O2+. The van der Waals surface area contributed by atoms with Crippen molar-refractivity contribution in [3.05, 3.63) is 64.9 Å². The highest BCUT2D eigenvalue weighted by Crippen LogP contribution is 2.13. The fraction of sp³-hybridized carbons (Fsp3) is 0.333. The van der Waals surface area contributed by atoms with Crippen LogP contribution in [-0.4, -0.2) is 43.7 Å². The number of nitrogens with one attached hydrogen (secondary N) is 2. The van der Waals surface area contributed by atoms with Crippen molar-refractivity contribution in [3.8, 4) is 0 Å². The Morgan fingerprint density at radius 3 is 2.62 bits per heavy atom. The Kier molecular flexibility index (Phi) is 5.80. The summed E-state index contributed by atoms with van der Waals surface area (Å²) in [4.78, 5) is 18.0. The van der Waals surface area contributed by atoms with Crippen LogP contribution in [0.5, 0.6) is 0 Å². The van der Waals surface area contributed by atoms with Crippen molar-refractivity contribution in [1.29, 1.82) is 0 Å². The Morgan fingerprint density at radius 1 is 1.21 bits per heavy atom. The van der Waals surface area contributed by atoms with Crippen molar-refractivity contribution < 1.29 is 14.4 Å². The van der Waals surface area contributed by atoms with Gasteiger partial charge in [0.25, 0.3) is 5.91 Å². The Hall–Kier alpha value is -1.95. The minimum Gasteiger partial charge on any atom is -0.370 e. The Morgan fingerprint density at radius 2 is 1.96 bits per heavy atom. The molecule has 1 aliphatic rings. The first kappa shape index (κ1) is 16.9. The minimum atomic E-state index is -0.138. The standard InChI is InChI=1S/C18H20ClN3O2/c19-17-7-6-15(12-20-17)18(23)21-16(14-4-2-1-3-5-14)13-22-8-10-24-11-9-22/h1-7,12,16H,8-11,13H2,(H,21,23)/p+1/t16-/m1/s1. The molecule has 0 aliphatic carbocycles. The average Bonchev–Trinajstić information content (AvgIpc) is 2.63. The van der Waals surface area contributed by atoms with Gasteiger partial charge in [-0.3, -0.25) is 4.79 Å². The van der Waals surface area contributed by atoms with Crippen molar-refractivity contribution in [3.63, 3.8) is 0 Å². The van der Waals surface area contributed by atoms with E-state index in [0.29, 0.717) is 10.7 Å². The number of nitrogens with zero attached hydrogens (tertiary/aromatic N) is 1. The monoisotopic (exact) mass is 346 g/mol. The van der Waals surface area contributed by atoms with E-state index in [-0.39, 0.29) is 11.9 Å². The second-order valence-corrected chi connectivity index (χ2v) is 6.26. The van der Waals surface area contributed by atoms with E-state index >= 15 is 0 Å².